The van der Waals surface area contributed by atoms with Gasteiger partial charge in [0.1, 0.15) is 11.5 Å². The zero-order valence-corrected chi connectivity index (χ0v) is 13.3. The fourth-order valence-corrected chi connectivity index (χ4v) is 2.99. The number of Topliss-reactive ketones (excluding diaryl/α,β-unsaturated/α-hetero) is 2. The Hall–Kier alpha value is -2.62. The molecule has 0 atom stereocenters. The summed E-state index contributed by atoms with van der Waals surface area (Å²) in [5.74, 6) is -0.483. The van der Waals surface area contributed by atoms with Crippen molar-refractivity contribution in [1.82, 2.24) is 0 Å². The highest BCUT2D eigenvalue weighted by Gasteiger charge is 2.34. The van der Waals surface area contributed by atoms with E-state index in [1.165, 1.54) is 0 Å². The first-order chi connectivity index (χ1) is 10.9. The monoisotopic (exact) mass is 310 g/mol. The molecule has 0 spiro atoms. The number of benzene rings is 2. The van der Waals surface area contributed by atoms with Gasteiger partial charge in [-0.05, 0) is 41.3 Å². The van der Waals surface area contributed by atoms with Crippen molar-refractivity contribution in [1.29, 1.82) is 0 Å². The fraction of sp³-hybridized carbons (Fsp3) is 0.263. The fourth-order valence-electron chi connectivity index (χ4n) is 2.99. The van der Waals surface area contributed by atoms with Crippen LogP contribution in [0.4, 0.5) is 0 Å². The molecule has 0 unspecified atom stereocenters. The first kappa shape index (κ1) is 15.3. The van der Waals surface area contributed by atoms with Crippen LogP contribution in [-0.4, -0.2) is 23.8 Å². The number of ketones is 2. The molecule has 0 bridgehead atoms. The number of aliphatic hydroxyl groups is 1. The number of allylic oxidation sites excluding steroid dienone is 1. The van der Waals surface area contributed by atoms with Gasteiger partial charge in [0.05, 0.1) is 7.11 Å². The van der Waals surface area contributed by atoms with E-state index < -0.39 is 11.6 Å². The molecule has 0 aliphatic heterocycles. The number of aliphatic hydroxyl groups excluding tert-OH is 1. The molecule has 2 aromatic rings. The topological polar surface area (TPSA) is 63.6 Å². The van der Waals surface area contributed by atoms with E-state index in [2.05, 4.69) is 0 Å². The van der Waals surface area contributed by atoms with Crippen LogP contribution < -0.4 is 4.74 Å². The van der Waals surface area contributed by atoms with Crippen molar-refractivity contribution in [2.75, 3.05) is 7.11 Å². The Balaban J connectivity index is 2.31. The first-order valence-electron chi connectivity index (χ1n) is 7.56. The van der Waals surface area contributed by atoms with Crippen LogP contribution in [-0.2, 0) is 4.79 Å². The highest BCUT2D eigenvalue weighted by atomic mass is 16.5. The van der Waals surface area contributed by atoms with E-state index in [1.807, 2.05) is 26.0 Å². The van der Waals surface area contributed by atoms with Gasteiger partial charge in [-0.15, -0.1) is 0 Å². The SMILES string of the molecule is COc1ccc2ccc3c(c2c1)C(=O)C(=O)C(CC(C)C)=C3O. The third-order valence-electron chi connectivity index (χ3n) is 4.09. The Bertz CT molecular complexity index is 859. The predicted molar refractivity (Wildman–Crippen MR) is 88.8 cm³/mol. The minimum Gasteiger partial charge on any atom is -0.507 e. The number of ether oxygens (including phenoxy) is 1. The van der Waals surface area contributed by atoms with Crippen LogP contribution in [0.5, 0.6) is 5.75 Å². The van der Waals surface area contributed by atoms with Crippen LogP contribution in [0, 0.1) is 5.92 Å². The molecule has 23 heavy (non-hydrogen) atoms. The highest BCUT2D eigenvalue weighted by Crippen LogP contribution is 2.36. The quantitative estimate of drug-likeness (QED) is 0.872. The Morgan fingerprint density at radius 1 is 1.09 bits per heavy atom. The van der Waals surface area contributed by atoms with E-state index in [0.29, 0.717) is 23.1 Å². The number of hydrogen-bond donors (Lipinski definition) is 1. The van der Waals surface area contributed by atoms with Crippen LogP contribution in [0.1, 0.15) is 36.2 Å². The zero-order chi connectivity index (χ0) is 16.7. The lowest BCUT2D eigenvalue weighted by molar-refractivity contribution is -0.112. The van der Waals surface area contributed by atoms with Crippen molar-refractivity contribution in [3.8, 4) is 5.75 Å². The van der Waals surface area contributed by atoms with Crippen molar-refractivity contribution in [3.63, 3.8) is 0 Å². The maximum atomic E-state index is 12.6. The predicted octanol–water partition coefficient (Wildman–Crippen LogP) is 3.93. The van der Waals surface area contributed by atoms with E-state index in [4.69, 9.17) is 4.74 Å². The molecule has 118 valence electrons. The standard InChI is InChI=1S/C19H18O4/c1-10(2)8-15-17(20)13-7-5-11-4-6-12(23-3)9-14(11)16(13)19(22)18(15)21/h4-7,9-10,20H,8H2,1-3H3. The van der Waals surface area contributed by atoms with Gasteiger partial charge in [-0.3, -0.25) is 9.59 Å². The molecule has 2 aromatic carbocycles. The second-order valence-corrected chi connectivity index (χ2v) is 6.16. The number of carbonyl (C=O) groups is 2. The average Bonchev–Trinajstić information content (AvgIpc) is 2.54. The van der Waals surface area contributed by atoms with Crippen molar-refractivity contribution >= 4 is 28.1 Å². The minimum atomic E-state index is -0.612. The molecule has 3 rings (SSSR count). The molecule has 1 N–H and O–H groups in total. The number of hydrogen-bond acceptors (Lipinski definition) is 4. The Morgan fingerprint density at radius 3 is 2.43 bits per heavy atom. The Kier molecular flexibility index (Phi) is 3.68. The third kappa shape index (κ3) is 2.40. The van der Waals surface area contributed by atoms with Crippen molar-refractivity contribution in [2.24, 2.45) is 5.92 Å². The maximum Gasteiger partial charge on any atom is 0.234 e. The van der Waals surface area contributed by atoms with Crippen molar-refractivity contribution in [2.45, 2.75) is 20.3 Å². The van der Waals surface area contributed by atoms with Crippen LogP contribution in [0.3, 0.4) is 0 Å². The molecule has 0 aromatic heterocycles. The lowest BCUT2D eigenvalue weighted by Crippen LogP contribution is -2.25. The smallest absolute Gasteiger partial charge is 0.234 e. The van der Waals surface area contributed by atoms with Crippen LogP contribution in [0.15, 0.2) is 35.9 Å². The molecule has 1 aliphatic rings. The van der Waals surface area contributed by atoms with Gasteiger partial charge in [0.25, 0.3) is 0 Å². The lowest BCUT2D eigenvalue weighted by atomic mass is 9.82. The number of rotatable bonds is 3. The molecular formula is C19H18O4. The summed E-state index contributed by atoms with van der Waals surface area (Å²) in [6.07, 6.45) is 0.381. The lowest BCUT2D eigenvalue weighted by Gasteiger charge is -2.20. The summed E-state index contributed by atoms with van der Waals surface area (Å²) in [5, 5.41) is 12.0. The van der Waals surface area contributed by atoms with Gasteiger partial charge in [0, 0.05) is 16.7 Å². The summed E-state index contributed by atoms with van der Waals surface area (Å²) >= 11 is 0. The van der Waals surface area contributed by atoms with Gasteiger partial charge in [-0.1, -0.05) is 26.0 Å². The van der Waals surface area contributed by atoms with Crippen LogP contribution in [0.2, 0.25) is 0 Å². The van der Waals surface area contributed by atoms with Gasteiger partial charge in [0.2, 0.25) is 11.6 Å². The van der Waals surface area contributed by atoms with E-state index in [0.717, 1.165) is 5.39 Å². The number of carbonyl (C=O) groups excluding carboxylic acids is 2. The summed E-state index contributed by atoms with van der Waals surface area (Å²) in [4.78, 5) is 25.1. The second-order valence-electron chi connectivity index (χ2n) is 6.16. The van der Waals surface area contributed by atoms with Crippen LogP contribution in [0.25, 0.3) is 16.5 Å². The number of fused-ring (bicyclic) bond motifs is 3. The van der Waals surface area contributed by atoms with Gasteiger partial charge in [-0.25, -0.2) is 0 Å². The van der Waals surface area contributed by atoms with E-state index in [9.17, 15) is 14.7 Å². The first-order valence-corrected chi connectivity index (χ1v) is 7.56. The maximum absolute atomic E-state index is 12.6. The zero-order valence-electron chi connectivity index (χ0n) is 13.3. The van der Waals surface area contributed by atoms with Gasteiger partial charge in [-0.2, -0.15) is 0 Å². The van der Waals surface area contributed by atoms with E-state index in [-0.39, 0.29) is 22.8 Å². The third-order valence-corrected chi connectivity index (χ3v) is 4.09. The van der Waals surface area contributed by atoms with Gasteiger partial charge >= 0.3 is 0 Å². The van der Waals surface area contributed by atoms with Gasteiger partial charge in [0.15, 0.2) is 0 Å². The Labute approximate surface area is 134 Å². The summed E-state index contributed by atoms with van der Waals surface area (Å²) in [6, 6.07) is 8.88. The van der Waals surface area contributed by atoms with E-state index >= 15 is 0 Å². The summed E-state index contributed by atoms with van der Waals surface area (Å²) < 4.78 is 5.21. The Morgan fingerprint density at radius 2 is 1.78 bits per heavy atom. The molecule has 0 saturated carbocycles. The summed E-state index contributed by atoms with van der Waals surface area (Å²) in [7, 11) is 1.54. The molecule has 1 aliphatic carbocycles. The molecule has 0 fully saturated rings. The average molecular weight is 310 g/mol. The molecular weight excluding hydrogens is 292 g/mol. The minimum absolute atomic E-state index is 0.0805. The normalized spacial score (nSPS) is 14.6. The molecule has 4 heteroatoms. The summed E-state index contributed by atoms with van der Waals surface area (Å²) in [5.41, 5.74) is 0.891. The van der Waals surface area contributed by atoms with Gasteiger partial charge < -0.3 is 9.84 Å². The largest absolute Gasteiger partial charge is 0.507 e. The number of methoxy groups -OCH3 is 1. The highest BCUT2D eigenvalue weighted by molar-refractivity contribution is 6.53. The molecule has 0 saturated heterocycles. The molecule has 0 radical (unpaired) electrons. The molecule has 4 nitrogen and oxygen atoms in total. The van der Waals surface area contributed by atoms with Crippen molar-refractivity contribution in [3.05, 3.63) is 47.0 Å². The molecule has 0 heterocycles. The van der Waals surface area contributed by atoms with Crippen molar-refractivity contribution < 1.29 is 19.4 Å². The molecule has 0 amide bonds. The van der Waals surface area contributed by atoms with Crippen LogP contribution >= 0.6 is 0 Å². The van der Waals surface area contributed by atoms with E-state index in [1.54, 1.807) is 25.3 Å². The summed E-state index contributed by atoms with van der Waals surface area (Å²) in [6.45, 7) is 3.89. The second kappa shape index (κ2) is 5.54.